The topological polar surface area (TPSA) is 84.7 Å². The van der Waals surface area contributed by atoms with E-state index in [0.29, 0.717) is 11.4 Å². The summed E-state index contributed by atoms with van der Waals surface area (Å²) < 4.78 is 5.56. The van der Waals surface area contributed by atoms with Crippen molar-refractivity contribution in [3.8, 4) is 5.75 Å². The second-order valence-electron chi connectivity index (χ2n) is 6.30. The number of nitrogens with one attached hydrogen (secondary N) is 1. The Hall–Kier alpha value is -2.08. The van der Waals surface area contributed by atoms with E-state index in [1.807, 2.05) is 18.7 Å². The molecular formula is C18H27N3O3. The third kappa shape index (κ3) is 4.96. The van der Waals surface area contributed by atoms with Crippen LogP contribution >= 0.6 is 0 Å². The highest BCUT2D eigenvalue weighted by Crippen LogP contribution is 2.19. The van der Waals surface area contributed by atoms with Gasteiger partial charge in [0.2, 0.25) is 5.91 Å². The van der Waals surface area contributed by atoms with Gasteiger partial charge in [-0.1, -0.05) is 26.3 Å². The summed E-state index contributed by atoms with van der Waals surface area (Å²) in [6, 6.07) is 6.48. The van der Waals surface area contributed by atoms with E-state index in [2.05, 4.69) is 5.32 Å². The molecule has 0 aromatic heterocycles. The van der Waals surface area contributed by atoms with Crippen LogP contribution in [-0.2, 0) is 9.59 Å². The SMILES string of the molecule is CCC(C)C(N)C(=O)Nc1cccc(OCC(=O)N2CCCC2)c1. The van der Waals surface area contributed by atoms with Crippen LogP contribution in [0.4, 0.5) is 5.69 Å². The Morgan fingerprint density at radius 3 is 2.71 bits per heavy atom. The molecule has 1 heterocycles. The fourth-order valence-electron chi connectivity index (χ4n) is 2.60. The second-order valence-corrected chi connectivity index (χ2v) is 6.30. The van der Waals surface area contributed by atoms with Crippen molar-refractivity contribution in [3.63, 3.8) is 0 Å². The number of ether oxygens (including phenoxy) is 1. The molecule has 2 unspecified atom stereocenters. The van der Waals surface area contributed by atoms with Crippen LogP contribution in [0.2, 0.25) is 0 Å². The predicted octanol–water partition coefficient (Wildman–Crippen LogP) is 2.00. The van der Waals surface area contributed by atoms with Gasteiger partial charge in [-0.15, -0.1) is 0 Å². The van der Waals surface area contributed by atoms with Crippen LogP contribution in [-0.4, -0.2) is 42.5 Å². The number of amides is 2. The van der Waals surface area contributed by atoms with E-state index in [9.17, 15) is 9.59 Å². The summed E-state index contributed by atoms with van der Waals surface area (Å²) in [4.78, 5) is 25.9. The fraction of sp³-hybridized carbons (Fsp3) is 0.556. The number of nitrogens with zero attached hydrogens (tertiary/aromatic N) is 1. The zero-order valence-electron chi connectivity index (χ0n) is 14.5. The third-order valence-corrected chi connectivity index (χ3v) is 4.48. The highest BCUT2D eigenvalue weighted by molar-refractivity contribution is 5.95. The lowest BCUT2D eigenvalue weighted by atomic mass is 9.99. The van der Waals surface area contributed by atoms with Crippen molar-refractivity contribution in [3.05, 3.63) is 24.3 Å². The summed E-state index contributed by atoms with van der Waals surface area (Å²) in [5.74, 6) is 0.454. The van der Waals surface area contributed by atoms with Crippen LogP contribution < -0.4 is 15.8 Å². The number of anilines is 1. The van der Waals surface area contributed by atoms with Gasteiger partial charge in [0.25, 0.3) is 5.91 Å². The Labute approximate surface area is 143 Å². The lowest BCUT2D eigenvalue weighted by molar-refractivity contribution is -0.132. The predicted molar refractivity (Wildman–Crippen MR) is 93.8 cm³/mol. The Kier molecular flexibility index (Phi) is 6.61. The minimum absolute atomic E-state index is 0.000677. The molecule has 1 fully saturated rings. The molecule has 0 saturated carbocycles. The van der Waals surface area contributed by atoms with Gasteiger partial charge >= 0.3 is 0 Å². The van der Waals surface area contributed by atoms with Gasteiger partial charge in [-0.2, -0.15) is 0 Å². The van der Waals surface area contributed by atoms with Gasteiger partial charge in [0.1, 0.15) is 5.75 Å². The van der Waals surface area contributed by atoms with Crippen LogP contribution in [0.1, 0.15) is 33.1 Å². The summed E-state index contributed by atoms with van der Waals surface area (Å²) >= 11 is 0. The zero-order chi connectivity index (χ0) is 17.5. The average molecular weight is 333 g/mol. The molecular weight excluding hydrogens is 306 g/mol. The Balaban J connectivity index is 1.88. The summed E-state index contributed by atoms with van der Waals surface area (Å²) in [7, 11) is 0. The lowest BCUT2D eigenvalue weighted by Crippen LogP contribution is -2.40. The minimum Gasteiger partial charge on any atom is -0.484 e. The highest BCUT2D eigenvalue weighted by atomic mass is 16.5. The lowest BCUT2D eigenvalue weighted by Gasteiger charge is -2.18. The van der Waals surface area contributed by atoms with E-state index in [-0.39, 0.29) is 24.3 Å². The number of likely N-dealkylation sites (tertiary alicyclic amines) is 1. The molecule has 24 heavy (non-hydrogen) atoms. The van der Waals surface area contributed by atoms with Crippen LogP contribution in [0, 0.1) is 5.92 Å². The molecule has 2 amide bonds. The molecule has 2 rings (SSSR count). The van der Waals surface area contributed by atoms with Gasteiger partial charge in [-0.25, -0.2) is 0 Å². The summed E-state index contributed by atoms with van der Waals surface area (Å²) in [6.45, 7) is 5.60. The number of hydrogen-bond donors (Lipinski definition) is 2. The first-order chi connectivity index (χ1) is 11.5. The standard InChI is InChI=1S/C18H27N3O3/c1-3-13(2)17(19)18(23)20-14-7-6-8-15(11-14)24-12-16(22)21-9-4-5-10-21/h6-8,11,13,17H,3-5,9-10,12,19H2,1-2H3,(H,20,23). The van der Waals surface area contributed by atoms with Crippen molar-refractivity contribution in [2.75, 3.05) is 25.0 Å². The van der Waals surface area contributed by atoms with Crippen LogP contribution in [0.5, 0.6) is 5.75 Å². The molecule has 1 aliphatic heterocycles. The zero-order valence-corrected chi connectivity index (χ0v) is 14.5. The Morgan fingerprint density at radius 2 is 2.04 bits per heavy atom. The van der Waals surface area contributed by atoms with Crippen LogP contribution in [0.15, 0.2) is 24.3 Å². The first-order valence-corrected chi connectivity index (χ1v) is 8.58. The van der Waals surface area contributed by atoms with Crippen LogP contribution in [0.3, 0.4) is 0 Å². The average Bonchev–Trinajstić information content (AvgIpc) is 3.13. The second kappa shape index (κ2) is 8.68. The maximum atomic E-state index is 12.1. The number of rotatable bonds is 7. The van der Waals surface area contributed by atoms with E-state index in [0.717, 1.165) is 32.4 Å². The quantitative estimate of drug-likeness (QED) is 0.799. The van der Waals surface area contributed by atoms with Crippen molar-refractivity contribution in [1.29, 1.82) is 0 Å². The molecule has 3 N–H and O–H groups in total. The molecule has 0 bridgehead atoms. The monoisotopic (exact) mass is 333 g/mol. The van der Waals surface area contributed by atoms with E-state index >= 15 is 0 Å². The molecule has 0 aliphatic carbocycles. The van der Waals surface area contributed by atoms with Gasteiger partial charge in [0.05, 0.1) is 6.04 Å². The van der Waals surface area contributed by atoms with Gasteiger partial charge in [-0.05, 0) is 30.9 Å². The van der Waals surface area contributed by atoms with E-state index in [4.69, 9.17) is 10.5 Å². The molecule has 0 spiro atoms. The van der Waals surface area contributed by atoms with Crippen molar-refractivity contribution in [2.45, 2.75) is 39.2 Å². The minimum atomic E-state index is -0.545. The number of benzene rings is 1. The largest absolute Gasteiger partial charge is 0.484 e. The van der Waals surface area contributed by atoms with Crippen LogP contribution in [0.25, 0.3) is 0 Å². The fourth-order valence-corrected chi connectivity index (χ4v) is 2.60. The molecule has 1 aromatic rings. The molecule has 0 radical (unpaired) electrons. The molecule has 1 aliphatic rings. The maximum absolute atomic E-state index is 12.1. The van der Waals surface area contributed by atoms with Gasteiger partial charge in [0.15, 0.2) is 6.61 Å². The smallest absolute Gasteiger partial charge is 0.260 e. The molecule has 1 aromatic carbocycles. The van der Waals surface area contributed by atoms with E-state index in [1.54, 1.807) is 24.3 Å². The molecule has 6 nitrogen and oxygen atoms in total. The Bertz CT molecular complexity index is 570. The number of carbonyl (C=O) groups is 2. The van der Waals surface area contributed by atoms with Crippen molar-refractivity contribution >= 4 is 17.5 Å². The normalized spacial score (nSPS) is 16.5. The van der Waals surface area contributed by atoms with Crippen molar-refractivity contribution in [1.82, 2.24) is 4.90 Å². The molecule has 132 valence electrons. The molecule has 1 saturated heterocycles. The van der Waals surface area contributed by atoms with Crippen molar-refractivity contribution < 1.29 is 14.3 Å². The number of carbonyl (C=O) groups excluding carboxylic acids is 2. The maximum Gasteiger partial charge on any atom is 0.260 e. The van der Waals surface area contributed by atoms with E-state index < -0.39 is 6.04 Å². The summed E-state index contributed by atoms with van der Waals surface area (Å²) in [6.07, 6.45) is 2.96. The first kappa shape index (κ1) is 18.3. The van der Waals surface area contributed by atoms with E-state index in [1.165, 1.54) is 0 Å². The molecule has 6 heteroatoms. The number of hydrogen-bond acceptors (Lipinski definition) is 4. The highest BCUT2D eigenvalue weighted by Gasteiger charge is 2.20. The number of nitrogens with two attached hydrogens (primary N) is 1. The molecule has 2 atom stereocenters. The van der Waals surface area contributed by atoms with Gasteiger partial charge in [0, 0.05) is 24.8 Å². The van der Waals surface area contributed by atoms with Gasteiger partial charge in [-0.3, -0.25) is 9.59 Å². The summed E-state index contributed by atoms with van der Waals surface area (Å²) in [5, 5.41) is 2.80. The van der Waals surface area contributed by atoms with Crippen molar-refractivity contribution in [2.24, 2.45) is 11.7 Å². The summed E-state index contributed by atoms with van der Waals surface area (Å²) in [5.41, 5.74) is 6.55. The third-order valence-electron chi connectivity index (χ3n) is 4.48. The first-order valence-electron chi connectivity index (χ1n) is 8.58. The van der Waals surface area contributed by atoms with Gasteiger partial charge < -0.3 is 20.7 Å². The Morgan fingerprint density at radius 1 is 1.33 bits per heavy atom.